The average molecular weight is 441 g/mol. The third-order valence-corrected chi connectivity index (χ3v) is 5.74. The summed E-state index contributed by atoms with van der Waals surface area (Å²) in [6.07, 6.45) is 1.68. The van der Waals surface area contributed by atoms with Crippen LogP contribution in [0.2, 0.25) is 5.02 Å². The second-order valence-corrected chi connectivity index (χ2v) is 7.96. The third kappa shape index (κ3) is 5.34. The predicted octanol–water partition coefficient (Wildman–Crippen LogP) is 5.32. The number of hydrogen-bond donors (Lipinski definition) is 1. The Kier molecular flexibility index (Phi) is 7.38. The maximum atomic E-state index is 13.3. The normalized spacial score (nSPS) is 11.6. The number of anilines is 1. The molecular weight excluding hydrogens is 420 g/mol. The van der Waals surface area contributed by atoms with Gasteiger partial charge in [-0.15, -0.1) is 17.9 Å². The van der Waals surface area contributed by atoms with E-state index >= 15 is 0 Å². The quantitative estimate of drug-likeness (QED) is 0.457. The van der Waals surface area contributed by atoms with Crippen LogP contribution in [0, 0.1) is 5.92 Å². The van der Waals surface area contributed by atoms with Crippen LogP contribution in [0.1, 0.15) is 12.0 Å². The highest BCUT2D eigenvalue weighted by Crippen LogP contribution is 2.32. The number of rotatable bonds is 9. The number of halogens is 1. The number of carbonyl (C=O) groups is 2. The Labute approximate surface area is 184 Å². The molecule has 1 aromatic heterocycles. The summed E-state index contributed by atoms with van der Waals surface area (Å²) < 4.78 is 0. The first-order chi connectivity index (χ1) is 14.5. The maximum Gasteiger partial charge on any atom is 0.304 e. The van der Waals surface area contributed by atoms with Crippen molar-refractivity contribution in [1.82, 2.24) is 4.98 Å². The van der Waals surface area contributed by atoms with E-state index in [0.717, 1.165) is 11.1 Å². The van der Waals surface area contributed by atoms with E-state index in [4.69, 9.17) is 11.6 Å². The van der Waals surface area contributed by atoms with Crippen molar-refractivity contribution < 1.29 is 14.7 Å². The van der Waals surface area contributed by atoms with Crippen molar-refractivity contribution in [2.45, 2.75) is 12.8 Å². The molecule has 1 atom stereocenters. The monoisotopic (exact) mass is 440 g/mol. The van der Waals surface area contributed by atoms with Gasteiger partial charge in [0, 0.05) is 22.5 Å². The summed E-state index contributed by atoms with van der Waals surface area (Å²) >= 11 is 7.58. The summed E-state index contributed by atoms with van der Waals surface area (Å²) in [5.74, 6) is -2.02. The van der Waals surface area contributed by atoms with Crippen molar-refractivity contribution >= 4 is 39.9 Å². The smallest absolute Gasteiger partial charge is 0.304 e. The van der Waals surface area contributed by atoms with E-state index in [1.807, 2.05) is 53.9 Å². The van der Waals surface area contributed by atoms with Gasteiger partial charge in [-0.3, -0.25) is 14.5 Å². The zero-order chi connectivity index (χ0) is 21.5. The molecule has 154 valence electrons. The fourth-order valence-corrected chi connectivity index (χ4v) is 4.22. The lowest BCUT2D eigenvalue weighted by Gasteiger charge is -2.23. The van der Waals surface area contributed by atoms with E-state index < -0.39 is 11.9 Å². The molecule has 7 heteroatoms. The van der Waals surface area contributed by atoms with Crippen molar-refractivity contribution in [3.05, 3.63) is 83.2 Å². The second-order valence-electron chi connectivity index (χ2n) is 6.72. The third-order valence-electron chi connectivity index (χ3n) is 4.55. The zero-order valence-corrected chi connectivity index (χ0v) is 17.8. The van der Waals surface area contributed by atoms with E-state index in [-0.39, 0.29) is 18.9 Å². The predicted molar refractivity (Wildman–Crippen MR) is 121 cm³/mol. The Morgan fingerprint density at radius 1 is 1.17 bits per heavy atom. The lowest BCUT2D eigenvalue weighted by molar-refractivity contribution is -0.140. The standard InChI is InChI=1S/C23H21ClN2O3S/c1-2-12-26(23-25-20(15-30-23)18-10-6-7-11-19(18)24)22(29)17(14-21(27)28)13-16-8-4-3-5-9-16/h2-11,15,17H,1,12-14H2,(H,27,28)/t17-/m1/s1. The van der Waals surface area contributed by atoms with Gasteiger partial charge in [0.15, 0.2) is 5.13 Å². The number of hydrogen-bond acceptors (Lipinski definition) is 4. The zero-order valence-electron chi connectivity index (χ0n) is 16.2. The highest BCUT2D eigenvalue weighted by Gasteiger charge is 2.29. The van der Waals surface area contributed by atoms with E-state index in [2.05, 4.69) is 11.6 Å². The topological polar surface area (TPSA) is 70.5 Å². The summed E-state index contributed by atoms with van der Waals surface area (Å²) in [6, 6.07) is 16.8. The molecule has 1 N–H and O–H groups in total. The van der Waals surface area contributed by atoms with Gasteiger partial charge in [0.25, 0.3) is 0 Å². The van der Waals surface area contributed by atoms with Crippen LogP contribution in [-0.4, -0.2) is 28.5 Å². The molecule has 0 unspecified atom stereocenters. The molecule has 30 heavy (non-hydrogen) atoms. The van der Waals surface area contributed by atoms with Crippen LogP contribution < -0.4 is 4.90 Å². The van der Waals surface area contributed by atoms with Crippen LogP contribution >= 0.6 is 22.9 Å². The fourth-order valence-electron chi connectivity index (χ4n) is 3.15. The molecule has 0 fully saturated rings. The van der Waals surface area contributed by atoms with Crippen LogP contribution in [0.5, 0.6) is 0 Å². The van der Waals surface area contributed by atoms with Gasteiger partial charge in [-0.25, -0.2) is 4.98 Å². The van der Waals surface area contributed by atoms with Gasteiger partial charge in [0.05, 0.1) is 18.0 Å². The summed E-state index contributed by atoms with van der Waals surface area (Å²) in [5.41, 5.74) is 2.35. The number of carboxylic acid groups (broad SMARTS) is 1. The van der Waals surface area contributed by atoms with Gasteiger partial charge in [0.1, 0.15) is 0 Å². The van der Waals surface area contributed by atoms with E-state index in [1.54, 1.807) is 12.1 Å². The van der Waals surface area contributed by atoms with Crippen LogP contribution in [-0.2, 0) is 16.0 Å². The Bertz CT molecular complexity index is 1040. The molecule has 3 aromatic rings. The number of amides is 1. The maximum absolute atomic E-state index is 13.3. The SMILES string of the molecule is C=CCN(C(=O)[C@@H](CC(=O)O)Cc1ccccc1)c1nc(-c2ccccc2Cl)cs1. The molecule has 0 bridgehead atoms. The van der Waals surface area contributed by atoms with Gasteiger partial charge in [0.2, 0.25) is 5.91 Å². The highest BCUT2D eigenvalue weighted by molar-refractivity contribution is 7.14. The van der Waals surface area contributed by atoms with Crippen LogP contribution in [0.15, 0.2) is 72.6 Å². The first-order valence-electron chi connectivity index (χ1n) is 9.38. The van der Waals surface area contributed by atoms with Crippen molar-refractivity contribution in [1.29, 1.82) is 0 Å². The van der Waals surface area contributed by atoms with Gasteiger partial charge in [-0.2, -0.15) is 0 Å². The summed E-state index contributed by atoms with van der Waals surface area (Å²) in [4.78, 5) is 30.9. The molecule has 1 heterocycles. The number of benzene rings is 2. The summed E-state index contributed by atoms with van der Waals surface area (Å²) in [5, 5.41) is 12.3. The Morgan fingerprint density at radius 3 is 2.53 bits per heavy atom. The number of carbonyl (C=O) groups excluding carboxylic acids is 1. The van der Waals surface area contributed by atoms with Gasteiger partial charge >= 0.3 is 5.97 Å². The van der Waals surface area contributed by atoms with Crippen molar-refractivity contribution in [2.24, 2.45) is 5.92 Å². The minimum atomic E-state index is -1.02. The molecule has 1 amide bonds. The highest BCUT2D eigenvalue weighted by atomic mass is 35.5. The second kappa shape index (κ2) is 10.2. The Balaban J connectivity index is 1.89. The van der Waals surface area contributed by atoms with E-state index in [9.17, 15) is 14.7 Å². The Hall–Kier alpha value is -2.96. The lowest BCUT2D eigenvalue weighted by atomic mass is 9.95. The van der Waals surface area contributed by atoms with Crippen molar-refractivity contribution in [2.75, 3.05) is 11.4 Å². The number of carboxylic acids is 1. The number of nitrogens with zero attached hydrogens (tertiary/aromatic N) is 2. The number of aromatic nitrogens is 1. The molecular formula is C23H21ClN2O3S. The minimum absolute atomic E-state index is 0.235. The number of aliphatic carboxylic acids is 1. The largest absolute Gasteiger partial charge is 0.481 e. The van der Waals surface area contributed by atoms with Crippen LogP contribution in [0.4, 0.5) is 5.13 Å². The fraction of sp³-hybridized carbons (Fsp3) is 0.174. The van der Waals surface area contributed by atoms with Crippen molar-refractivity contribution in [3.8, 4) is 11.3 Å². The number of thiazole rings is 1. The van der Waals surface area contributed by atoms with E-state index in [0.29, 0.717) is 22.3 Å². The molecule has 0 aliphatic rings. The molecule has 2 aromatic carbocycles. The minimum Gasteiger partial charge on any atom is -0.481 e. The molecule has 0 aliphatic carbocycles. The molecule has 0 saturated heterocycles. The Morgan fingerprint density at radius 2 is 1.87 bits per heavy atom. The molecule has 0 aliphatic heterocycles. The molecule has 0 radical (unpaired) electrons. The van der Waals surface area contributed by atoms with Gasteiger partial charge in [-0.1, -0.05) is 66.2 Å². The molecule has 5 nitrogen and oxygen atoms in total. The average Bonchev–Trinajstić information content (AvgIpc) is 3.21. The van der Waals surface area contributed by atoms with Crippen LogP contribution in [0.25, 0.3) is 11.3 Å². The lowest BCUT2D eigenvalue weighted by Crippen LogP contribution is -2.38. The van der Waals surface area contributed by atoms with Crippen LogP contribution in [0.3, 0.4) is 0 Å². The molecule has 0 spiro atoms. The first-order valence-corrected chi connectivity index (χ1v) is 10.6. The first kappa shape index (κ1) is 21.7. The van der Waals surface area contributed by atoms with Gasteiger partial charge < -0.3 is 5.11 Å². The molecule has 3 rings (SSSR count). The molecule has 0 saturated carbocycles. The summed E-state index contributed by atoms with van der Waals surface area (Å²) in [6.45, 7) is 3.97. The summed E-state index contributed by atoms with van der Waals surface area (Å²) in [7, 11) is 0. The van der Waals surface area contributed by atoms with Crippen molar-refractivity contribution in [3.63, 3.8) is 0 Å². The van der Waals surface area contributed by atoms with Gasteiger partial charge in [-0.05, 0) is 18.1 Å². The van der Waals surface area contributed by atoms with E-state index in [1.165, 1.54) is 16.2 Å².